The molecule has 1 aromatic carbocycles. The van der Waals surface area contributed by atoms with Crippen LogP contribution in [0.5, 0.6) is 0 Å². The minimum absolute atomic E-state index is 0.106. The predicted molar refractivity (Wildman–Crippen MR) is 75.8 cm³/mol. The SMILES string of the molecule is CN(C(=O)OC(C)(C)C)C(C=O)c1c(F)ccc([N+](=O)[O-])c1F. The lowest BCUT2D eigenvalue weighted by Gasteiger charge is -2.28. The van der Waals surface area contributed by atoms with Crippen molar-refractivity contribution in [2.24, 2.45) is 0 Å². The number of rotatable bonds is 4. The van der Waals surface area contributed by atoms with Gasteiger partial charge in [-0.15, -0.1) is 0 Å². The molecule has 7 nitrogen and oxygen atoms in total. The van der Waals surface area contributed by atoms with Crippen molar-refractivity contribution in [3.63, 3.8) is 0 Å². The third kappa shape index (κ3) is 4.21. The average molecular weight is 330 g/mol. The van der Waals surface area contributed by atoms with E-state index in [9.17, 15) is 28.5 Å². The first-order valence-corrected chi connectivity index (χ1v) is 6.53. The van der Waals surface area contributed by atoms with Gasteiger partial charge in [-0.05, 0) is 26.8 Å². The van der Waals surface area contributed by atoms with E-state index in [0.29, 0.717) is 17.0 Å². The first kappa shape index (κ1) is 18.5. The van der Waals surface area contributed by atoms with E-state index in [2.05, 4.69) is 0 Å². The summed E-state index contributed by atoms with van der Waals surface area (Å²) in [5.74, 6) is -2.69. The van der Waals surface area contributed by atoms with Gasteiger partial charge in [0.05, 0.1) is 10.5 Å². The van der Waals surface area contributed by atoms with Gasteiger partial charge in [0, 0.05) is 13.1 Å². The number of nitro groups is 1. The number of nitrogens with zero attached hydrogens (tertiary/aromatic N) is 2. The molecule has 0 radical (unpaired) electrons. The largest absolute Gasteiger partial charge is 0.444 e. The number of likely N-dealkylation sites (N-methyl/N-ethyl adjacent to an activating group) is 1. The van der Waals surface area contributed by atoms with Crippen LogP contribution in [0.2, 0.25) is 0 Å². The summed E-state index contributed by atoms with van der Waals surface area (Å²) in [4.78, 5) is 33.5. The van der Waals surface area contributed by atoms with Crippen LogP contribution in [-0.2, 0) is 9.53 Å². The van der Waals surface area contributed by atoms with Crippen molar-refractivity contribution in [2.45, 2.75) is 32.4 Å². The molecular formula is C14H16F2N2O5. The number of aldehydes is 1. The number of ether oxygens (including phenoxy) is 1. The Bertz CT molecular complexity index is 643. The molecule has 0 aromatic heterocycles. The zero-order chi connectivity index (χ0) is 17.9. The van der Waals surface area contributed by atoms with Crippen LogP contribution in [0.3, 0.4) is 0 Å². The fraction of sp³-hybridized carbons (Fsp3) is 0.429. The number of benzene rings is 1. The quantitative estimate of drug-likeness (QED) is 0.481. The average Bonchev–Trinajstić information content (AvgIpc) is 2.40. The van der Waals surface area contributed by atoms with Gasteiger partial charge in [-0.3, -0.25) is 15.0 Å². The molecule has 1 atom stereocenters. The molecule has 0 fully saturated rings. The Balaban J connectivity index is 3.30. The number of amides is 1. The second-order valence-electron chi connectivity index (χ2n) is 5.72. The van der Waals surface area contributed by atoms with E-state index in [4.69, 9.17) is 4.74 Å². The van der Waals surface area contributed by atoms with Crippen LogP contribution in [0.15, 0.2) is 12.1 Å². The van der Waals surface area contributed by atoms with Crippen molar-refractivity contribution >= 4 is 18.1 Å². The Hall–Kier alpha value is -2.58. The Labute approximate surface area is 131 Å². The topological polar surface area (TPSA) is 89.8 Å². The monoisotopic (exact) mass is 330 g/mol. The lowest BCUT2D eigenvalue weighted by atomic mass is 10.0. The van der Waals surface area contributed by atoms with Crippen LogP contribution in [-0.4, -0.2) is 34.9 Å². The molecule has 0 spiro atoms. The molecule has 0 heterocycles. The summed E-state index contributed by atoms with van der Waals surface area (Å²) in [5, 5.41) is 10.7. The molecule has 1 amide bonds. The van der Waals surface area contributed by atoms with Gasteiger partial charge in [-0.25, -0.2) is 9.18 Å². The number of carbonyl (C=O) groups is 2. The smallest absolute Gasteiger partial charge is 0.410 e. The van der Waals surface area contributed by atoms with Gasteiger partial charge in [0.1, 0.15) is 23.7 Å². The molecule has 1 rings (SSSR count). The Morgan fingerprint density at radius 1 is 1.39 bits per heavy atom. The summed E-state index contributed by atoms with van der Waals surface area (Å²) < 4.78 is 33.1. The number of hydrogen-bond acceptors (Lipinski definition) is 5. The van der Waals surface area contributed by atoms with Crippen molar-refractivity contribution in [1.82, 2.24) is 4.90 Å². The van der Waals surface area contributed by atoms with E-state index in [1.165, 1.54) is 0 Å². The predicted octanol–water partition coefficient (Wildman–Crippen LogP) is 2.98. The lowest BCUT2D eigenvalue weighted by molar-refractivity contribution is -0.387. The number of halogens is 2. The third-order valence-electron chi connectivity index (χ3n) is 2.83. The summed E-state index contributed by atoms with van der Waals surface area (Å²) in [7, 11) is 1.10. The molecule has 0 aliphatic carbocycles. The van der Waals surface area contributed by atoms with Crippen LogP contribution in [0.1, 0.15) is 32.4 Å². The minimum atomic E-state index is -1.70. The fourth-order valence-corrected chi connectivity index (χ4v) is 1.77. The molecule has 0 saturated carbocycles. The van der Waals surface area contributed by atoms with Gasteiger partial charge >= 0.3 is 11.8 Å². The number of hydrogen-bond donors (Lipinski definition) is 0. The maximum atomic E-state index is 14.2. The van der Waals surface area contributed by atoms with E-state index >= 15 is 0 Å². The minimum Gasteiger partial charge on any atom is -0.444 e. The molecule has 0 bridgehead atoms. The molecule has 126 valence electrons. The van der Waals surface area contributed by atoms with E-state index in [-0.39, 0.29) is 6.29 Å². The Morgan fingerprint density at radius 2 is 1.96 bits per heavy atom. The number of nitro benzene ring substituents is 1. The van der Waals surface area contributed by atoms with Crippen LogP contribution in [0.4, 0.5) is 19.3 Å². The second kappa shape index (κ2) is 6.67. The molecule has 0 saturated heterocycles. The standard InChI is InChI=1S/C14H16F2N2O5/c1-14(2,3)23-13(20)17(4)10(7-19)11-8(15)5-6-9(12(11)16)18(21)22/h5-7,10H,1-4H3. The van der Waals surface area contributed by atoms with Gasteiger partial charge in [0.15, 0.2) is 0 Å². The first-order valence-electron chi connectivity index (χ1n) is 6.53. The molecule has 0 aliphatic rings. The van der Waals surface area contributed by atoms with Crippen LogP contribution in [0.25, 0.3) is 0 Å². The van der Waals surface area contributed by atoms with Gasteiger partial charge in [0.2, 0.25) is 5.82 Å². The molecule has 9 heteroatoms. The molecule has 1 unspecified atom stereocenters. The summed E-state index contributed by atoms with van der Waals surface area (Å²) in [5.41, 5.74) is -2.77. The summed E-state index contributed by atoms with van der Waals surface area (Å²) >= 11 is 0. The van der Waals surface area contributed by atoms with Gasteiger partial charge in [-0.1, -0.05) is 0 Å². The maximum Gasteiger partial charge on any atom is 0.410 e. The van der Waals surface area contributed by atoms with E-state index in [1.807, 2.05) is 0 Å². The highest BCUT2D eigenvalue weighted by atomic mass is 19.1. The van der Waals surface area contributed by atoms with E-state index < -0.39 is 45.5 Å². The van der Waals surface area contributed by atoms with Crippen molar-refractivity contribution < 1.29 is 28.0 Å². The van der Waals surface area contributed by atoms with Crippen molar-refractivity contribution in [1.29, 1.82) is 0 Å². The Kier molecular flexibility index (Phi) is 5.36. The van der Waals surface area contributed by atoms with E-state index in [0.717, 1.165) is 7.05 Å². The molecular weight excluding hydrogens is 314 g/mol. The highest BCUT2D eigenvalue weighted by Gasteiger charge is 2.33. The first-order chi connectivity index (χ1) is 10.5. The normalized spacial score (nSPS) is 12.4. The van der Waals surface area contributed by atoms with Gasteiger partial charge in [-0.2, -0.15) is 4.39 Å². The third-order valence-corrected chi connectivity index (χ3v) is 2.83. The summed E-state index contributed by atoms with van der Waals surface area (Å²) in [6.45, 7) is 4.72. The van der Waals surface area contributed by atoms with Crippen molar-refractivity contribution in [3.8, 4) is 0 Å². The highest BCUT2D eigenvalue weighted by Crippen LogP contribution is 2.30. The maximum absolute atomic E-state index is 14.2. The lowest BCUT2D eigenvalue weighted by Crippen LogP contribution is -2.38. The molecule has 1 aromatic rings. The van der Waals surface area contributed by atoms with E-state index in [1.54, 1.807) is 20.8 Å². The summed E-state index contributed by atoms with van der Waals surface area (Å²) in [6.07, 6.45) is -0.894. The second-order valence-corrected chi connectivity index (χ2v) is 5.72. The van der Waals surface area contributed by atoms with Crippen LogP contribution < -0.4 is 0 Å². The van der Waals surface area contributed by atoms with Gasteiger partial charge < -0.3 is 9.53 Å². The molecule has 0 aliphatic heterocycles. The van der Waals surface area contributed by atoms with Crippen molar-refractivity contribution in [3.05, 3.63) is 39.4 Å². The highest BCUT2D eigenvalue weighted by molar-refractivity contribution is 5.75. The fourth-order valence-electron chi connectivity index (χ4n) is 1.77. The zero-order valence-electron chi connectivity index (χ0n) is 13.0. The van der Waals surface area contributed by atoms with Gasteiger partial charge in [0.25, 0.3) is 0 Å². The molecule has 0 N–H and O–H groups in total. The van der Waals surface area contributed by atoms with Crippen molar-refractivity contribution in [2.75, 3.05) is 7.05 Å². The van der Waals surface area contributed by atoms with Crippen LogP contribution >= 0.6 is 0 Å². The number of carbonyl (C=O) groups excluding carboxylic acids is 2. The van der Waals surface area contributed by atoms with Crippen LogP contribution in [0, 0.1) is 21.7 Å². The zero-order valence-corrected chi connectivity index (χ0v) is 13.0. The Morgan fingerprint density at radius 3 is 2.39 bits per heavy atom. The summed E-state index contributed by atoms with van der Waals surface area (Å²) in [6, 6.07) is -0.399. The molecule has 23 heavy (non-hydrogen) atoms.